The number of nitrogens with two attached hydrogens (primary N) is 1. The molecular formula is C12H14N4O2S. The summed E-state index contributed by atoms with van der Waals surface area (Å²) in [5, 5.41) is 1.27. The Morgan fingerprint density at radius 3 is 2.95 bits per heavy atom. The van der Waals surface area contributed by atoms with Gasteiger partial charge in [-0.25, -0.2) is 14.8 Å². The highest BCUT2D eigenvalue weighted by atomic mass is 32.2. The molecule has 0 unspecified atom stereocenters. The molecule has 0 amide bonds. The Hall–Kier alpha value is -2.02. The van der Waals surface area contributed by atoms with Crippen molar-refractivity contribution in [1.82, 2.24) is 14.5 Å². The number of esters is 1. The van der Waals surface area contributed by atoms with Crippen molar-refractivity contribution in [2.75, 3.05) is 12.3 Å². The van der Waals surface area contributed by atoms with Crippen LogP contribution in [0.5, 0.6) is 0 Å². The van der Waals surface area contributed by atoms with Gasteiger partial charge in [0.1, 0.15) is 5.03 Å². The number of hydrogen-bond donors (Lipinski definition) is 1. The van der Waals surface area contributed by atoms with Crippen molar-refractivity contribution in [3.63, 3.8) is 0 Å². The predicted octanol–water partition coefficient (Wildman–Crippen LogP) is 1.73. The smallest absolute Gasteiger partial charge is 0.340 e. The van der Waals surface area contributed by atoms with E-state index in [0.717, 1.165) is 5.16 Å². The first kappa shape index (κ1) is 13.4. The van der Waals surface area contributed by atoms with E-state index >= 15 is 0 Å². The number of ether oxygens (including phenoxy) is 1. The van der Waals surface area contributed by atoms with Crippen molar-refractivity contribution in [3.05, 3.63) is 30.2 Å². The zero-order chi connectivity index (χ0) is 13.8. The number of aromatic nitrogens is 3. The summed E-state index contributed by atoms with van der Waals surface area (Å²) in [5.74, 6) is -0.431. The Kier molecular flexibility index (Phi) is 4.06. The van der Waals surface area contributed by atoms with Crippen LogP contribution < -0.4 is 5.73 Å². The lowest BCUT2D eigenvalue weighted by Gasteiger charge is -2.08. The minimum Gasteiger partial charge on any atom is -0.462 e. The van der Waals surface area contributed by atoms with Gasteiger partial charge >= 0.3 is 5.97 Å². The van der Waals surface area contributed by atoms with Crippen LogP contribution in [-0.4, -0.2) is 27.1 Å². The van der Waals surface area contributed by atoms with Gasteiger partial charge in [-0.15, -0.1) is 0 Å². The van der Waals surface area contributed by atoms with Crippen LogP contribution in [-0.2, 0) is 11.8 Å². The fourth-order valence-electron chi connectivity index (χ4n) is 1.44. The van der Waals surface area contributed by atoms with E-state index in [0.29, 0.717) is 22.9 Å². The van der Waals surface area contributed by atoms with Crippen LogP contribution in [0.4, 0.5) is 5.69 Å². The SMILES string of the molecule is CCOC(=O)c1cc(N)cnc1Sc1nccn1C. The number of pyridine rings is 1. The van der Waals surface area contributed by atoms with Gasteiger partial charge in [-0.2, -0.15) is 0 Å². The van der Waals surface area contributed by atoms with Crippen molar-refractivity contribution >= 4 is 23.4 Å². The lowest BCUT2D eigenvalue weighted by Crippen LogP contribution is -2.08. The monoisotopic (exact) mass is 278 g/mol. The summed E-state index contributed by atoms with van der Waals surface area (Å²) >= 11 is 1.29. The highest BCUT2D eigenvalue weighted by Crippen LogP contribution is 2.28. The molecule has 0 bridgehead atoms. The second-order valence-corrected chi connectivity index (χ2v) is 4.72. The fourth-order valence-corrected chi connectivity index (χ4v) is 2.29. The average molecular weight is 278 g/mol. The first-order chi connectivity index (χ1) is 9.11. The summed E-state index contributed by atoms with van der Waals surface area (Å²) in [6, 6.07) is 1.57. The third-order valence-electron chi connectivity index (χ3n) is 2.33. The number of nitrogens with zero attached hydrogens (tertiary/aromatic N) is 3. The molecule has 0 aliphatic rings. The molecule has 6 nitrogen and oxygen atoms in total. The second kappa shape index (κ2) is 5.75. The molecule has 2 aromatic rings. The summed E-state index contributed by atoms with van der Waals surface area (Å²) < 4.78 is 6.84. The van der Waals surface area contributed by atoms with E-state index in [2.05, 4.69) is 9.97 Å². The lowest BCUT2D eigenvalue weighted by molar-refractivity contribution is 0.0521. The van der Waals surface area contributed by atoms with Crippen LogP contribution in [0.1, 0.15) is 17.3 Å². The van der Waals surface area contributed by atoms with E-state index in [1.54, 1.807) is 19.2 Å². The van der Waals surface area contributed by atoms with Crippen LogP contribution in [0, 0.1) is 0 Å². The summed E-state index contributed by atoms with van der Waals surface area (Å²) in [4.78, 5) is 20.2. The normalized spacial score (nSPS) is 10.4. The molecule has 2 aromatic heterocycles. The summed E-state index contributed by atoms with van der Waals surface area (Å²) in [6.07, 6.45) is 5.02. The van der Waals surface area contributed by atoms with Crippen molar-refractivity contribution in [2.24, 2.45) is 7.05 Å². The fraction of sp³-hybridized carbons (Fsp3) is 0.250. The van der Waals surface area contributed by atoms with Gasteiger partial charge in [0.2, 0.25) is 0 Å². The standard InChI is InChI=1S/C12H14N4O2S/c1-3-18-11(17)9-6-8(13)7-15-10(9)19-12-14-4-5-16(12)2/h4-7H,3,13H2,1-2H3. The Balaban J connectivity index is 2.34. The van der Waals surface area contributed by atoms with Gasteiger partial charge in [-0.3, -0.25) is 0 Å². The van der Waals surface area contributed by atoms with E-state index in [1.165, 1.54) is 18.0 Å². The maximum absolute atomic E-state index is 11.9. The molecular weight excluding hydrogens is 264 g/mol. The molecule has 2 N–H and O–H groups in total. The molecule has 0 aromatic carbocycles. The quantitative estimate of drug-likeness (QED) is 0.857. The zero-order valence-corrected chi connectivity index (χ0v) is 11.5. The molecule has 100 valence electrons. The molecule has 2 rings (SSSR count). The average Bonchev–Trinajstić information content (AvgIpc) is 2.77. The molecule has 0 atom stereocenters. The van der Waals surface area contributed by atoms with E-state index in [4.69, 9.17) is 10.5 Å². The first-order valence-corrected chi connectivity index (χ1v) is 6.51. The van der Waals surface area contributed by atoms with Gasteiger partial charge in [0.05, 0.1) is 24.1 Å². The maximum atomic E-state index is 11.9. The van der Waals surface area contributed by atoms with Gasteiger partial charge in [0.25, 0.3) is 0 Å². The Bertz CT molecular complexity index is 597. The molecule has 7 heteroatoms. The summed E-state index contributed by atoms with van der Waals surface area (Å²) in [7, 11) is 1.87. The third-order valence-corrected chi connectivity index (χ3v) is 3.43. The molecule has 0 saturated heterocycles. The minimum absolute atomic E-state index is 0.306. The first-order valence-electron chi connectivity index (χ1n) is 5.69. The van der Waals surface area contributed by atoms with E-state index in [9.17, 15) is 4.79 Å². The number of imidazole rings is 1. The van der Waals surface area contributed by atoms with Crippen LogP contribution in [0.25, 0.3) is 0 Å². The van der Waals surface area contributed by atoms with Crippen molar-refractivity contribution < 1.29 is 9.53 Å². The van der Waals surface area contributed by atoms with E-state index < -0.39 is 5.97 Å². The zero-order valence-electron chi connectivity index (χ0n) is 10.7. The topological polar surface area (TPSA) is 83.0 Å². The largest absolute Gasteiger partial charge is 0.462 e. The number of carbonyl (C=O) groups is 1. The lowest BCUT2D eigenvalue weighted by atomic mass is 10.3. The number of carbonyl (C=O) groups excluding carboxylic acids is 1. The van der Waals surface area contributed by atoms with E-state index in [-0.39, 0.29) is 0 Å². The van der Waals surface area contributed by atoms with Gasteiger partial charge < -0.3 is 15.0 Å². The minimum atomic E-state index is -0.431. The Morgan fingerprint density at radius 2 is 2.32 bits per heavy atom. The summed E-state index contributed by atoms with van der Waals surface area (Å²) in [6.45, 7) is 2.06. The maximum Gasteiger partial charge on any atom is 0.340 e. The molecule has 0 aliphatic heterocycles. The predicted molar refractivity (Wildman–Crippen MR) is 71.9 cm³/mol. The Labute approximate surface area is 115 Å². The van der Waals surface area contributed by atoms with Crippen molar-refractivity contribution in [2.45, 2.75) is 17.1 Å². The number of nitrogen functional groups attached to an aromatic ring is 1. The van der Waals surface area contributed by atoms with Gasteiger partial charge in [-0.1, -0.05) is 0 Å². The molecule has 0 aliphatic carbocycles. The van der Waals surface area contributed by atoms with Crippen LogP contribution in [0.15, 0.2) is 34.8 Å². The van der Waals surface area contributed by atoms with Crippen LogP contribution in [0.2, 0.25) is 0 Å². The van der Waals surface area contributed by atoms with Crippen molar-refractivity contribution in [3.8, 4) is 0 Å². The van der Waals surface area contributed by atoms with Crippen LogP contribution in [0.3, 0.4) is 0 Å². The number of rotatable bonds is 4. The van der Waals surface area contributed by atoms with Crippen molar-refractivity contribution in [1.29, 1.82) is 0 Å². The number of hydrogen-bond acceptors (Lipinski definition) is 6. The number of anilines is 1. The highest BCUT2D eigenvalue weighted by Gasteiger charge is 2.17. The van der Waals surface area contributed by atoms with Gasteiger partial charge in [0.15, 0.2) is 5.16 Å². The molecule has 0 fully saturated rings. The van der Waals surface area contributed by atoms with Gasteiger partial charge in [0, 0.05) is 19.4 Å². The molecule has 0 spiro atoms. The van der Waals surface area contributed by atoms with Crippen LogP contribution >= 0.6 is 11.8 Å². The highest BCUT2D eigenvalue weighted by molar-refractivity contribution is 7.99. The molecule has 19 heavy (non-hydrogen) atoms. The molecule has 2 heterocycles. The summed E-state index contributed by atoms with van der Waals surface area (Å²) in [5.41, 5.74) is 6.44. The Morgan fingerprint density at radius 1 is 1.53 bits per heavy atom. The third kappa shape index (κ3) is 3.05. The second-order valence-electron chi connectivity index (χ2n) is 3.76. The molecule has 0 saturated carbocycles. The molecule has 0 radical (unpaired) electrons. The van der Waals surface area contributed by atoms with E-state index in [1.807, 2.05) is 17.8 Å². The number of aryl methyl sites for hydroxylation is 1. The van der Waals surface area contributed by atoms with Gasteiger partial charge in [-0.05, 0) is 24.8 Å².